The number of likely N-dealkylation sites (N-methyl/N-ethyl adjacent to an activating group) is 1. The fraction of sp³-hybridized carbons (Fsp3) is 0.529. The fourth-order valence-electron chi connectivity index (χ4n) is 3.88. The van der Waals surface area contributed by atoms with Crippen LogP contribution in [0.2, 0.25) is 0 Å². The van der Waals surface area contributed by atoms with Gasteiger partial charge in [0, 0.05) is 18.7 Å². The number of nitrogens with one attached hydrogen (secondary N) is 1. The van der Waals surface area contributed by atoms with Crippen molar-refractivity contribution in [2.45, 2.75) is 44.2 Å². The predicted octanol–water partition coefficient (Wildman–Crippen LogP) is 2.21. The molecule has 1 aliphatic carbocycles. The minimum absolute atomic E-state index is 0.00130. The lowest BCUT2D eigenvalue weighted by Gasteiger charge is -2.33. The Bertz CT molecular complexity index is 529. The Kier molecular flexibility index (Phi) is 3.95. The second-order valence-electron chi connectivity index (χ2n) is 6.06. The van der Waals surface area contributed by atoms with Gasteiger partial charge in [-0.1, -0.05) is 31.0 Å². The zero-order valence-corrected chi connectivity index (χ0v) is 12.4. The highest BCUT2D eigenvalue weighted by molar-refractivity contribution is 5.98. The molecule has 4 heteroatoms. The van der Waals surface area contributed by atoms with Crippen LogP contribution in [-0.2, 0) is 4.79 Å². The Morgan fingerprint density at radius 3 is 2.57 bits per heavy atom. The Balaban J connectivity index is 1.91. The molecule has 1 aromatic rings. The van der Waals surface area contributed by atoms with Crippen LogP contribution in [0.1, 0.15) is 42.5 Å². The molecule has 1 aromatic carbocycles. The van der Waals surface area contributed by atoms with E-state index in [1.807, 2.05) is 35.2 Å². The molecule has 21 heavy (non-hydrogen) atoms. The van der Waals surface area contributed by atoms with Crippen LogP contribution in [0.4, 0.5) is 0 Å². The van der Waals surface area contributed by atoms with E-state index in [0.29, 0.717) is 11.5 Å². The van der Waals surface area contributed by atoms with Crippen molar-refractivity contribution in [1.82, 2.24) is 10.2 Å². The molecule has 3 rings (SSSR count). The average Bonchev–Trinajstić information content (AvgIpc) is 2.93. The maximum atomic E-state index is 12.9. The summed E-state index contributed by atoms with van der Waals surface area (Å²) in [6.45, 7) is 0. The molecule has 1 saturated carbocycles. The van der Waals surface area contributed by atoms with E-state index < -0.39 is 0 Å². The zero-order valence-electron chi connectivity index (χ0n) is 12.4. The van der Waals surface area contributed by atoms with Crippen LogP contribution in [0.5, 0.6) is 0 Å². The summed E-state index contributed by atoms with van der Waals surface area (Å²) in [5.74, 6) is 0.445. The molecule has 0 spiro atoms. The molecular formula is C17H22N2O2. The summed E-state index contributed by atoms with van der Waals surface area (Å²) in [6, 6.07) is 9.23. The Hall–Kier alpha value is -1.84. The minimum Gasteiger partial charge on any atom is -0.357 e. The van der Waals surface area contributed by atoms with Gasteiger partial charge in [0.2, 0.25) is 5.91 Å². The standard InChI is InChI=1S/C17H22N2O2/c1-18-16(20)15-11-13-9-5-6-10-14(13)19(15)17(21)12-7-3-2-4-8-12/h2-4,7-8,13-15H,5-6,9-11H2,1H3,(H,18,20)/t13-,14-,15-/m0/s1. The Morgan fingerprint density at radius 2 is 1.86 bits per heavy atom. The van der Waals surface area contributed by atoms with Crippen LogP contribution in [0.25, 0.3) is 0 Å². The lowest BCUT2D eigenvalue weighted by atomic mass is 9.84. The maximum Gasteiger partial charge on any atom is 0.254 e. The molecule has 2 aliphatic rings. The van der Waals surface area contributed by atoms with Gasteiger partial charge in [0.25, 0.3) is 5.91 Å². The van der Waals surface area contributed by atoms with Crippen molar-refractivity contribution in [2.75, 3.05) is 7.05 Å². The van der Waals surface area contributed by atoms with Crippen molar-refractivity contribution in [2.24, 2.45) is 5.92 Å². The van der Waals surface area contributed by atoms with Crippen molar-refractivity contribution in [3.05, 3.63) is 35.9 Å². The van der Waals surface area contributed by atoms with Crippen LogP contribution in [-0.4, -0.2) is 35.8 Å². The zero-order chi connectivity index (χ0) is 14.8. The Labute approximate surface area is 125 Å². The molecule has 4 nitrogen and oxygen atoms in total. The summed E-state index contributed by atoms with van der Waals surface area (Å²) in [6.07, 6.45) is 5.34. The van der Waals surface area contributed by atoms with Gasteiger partial charge in [0.1, 0.15) is 6.04 Å². The third-order valence-corrected chi connectivity index (χ3v) is 4.89. The lowest BCUT2D eigenvalue weighted by Crippen LogP contribution is -2.48. The second-order valence-corrected chi connectivity index (χ2v) is 6.06. The van der Waals surface area contributed by atoms with Crippen molar-refractivity contribution < 1.29 is 9.59 Å². The summed E-state index contributed by atoms with van der Waals surface area (Å²) >= 11 is 0. The number of fused-ring (bicyclic) bond motifs is 1. The quantitative estimate of drug-likeness (QED) is 0.906. The van der Waals surface area contributed by atoms with E-state index in [-0.39, 0.29) is 23.9 Å². The molecule has 1 aliphatic heterocycles. The summed E-state index contributed by atoms with van der Waals surface area (Å²) in [4.78, 5) is 26.9. The van der Waals surface area contributed by atoms with Gasteiger partial charge in [0.05, 0.1) is 0 Å². The normalized spacial score (nSPS) is 28.0. The topological polar surface area (TPSA) is 49.4 Å². The third kappa shape index (κ3) is 2.55. The summed E-state index contributed by atoms with van der Waals surface area (Å²) in [5.41, 5.74) is 0.678. The summed E-state index contributed by atoms with van der Waals surface area (Å²) in [7, 11) is 1.65. The first-order valence-electron chi connectivity index (χ1n) is 7.81. The highest BCUT2D eigenvalue weighted by Crippen LogP contribution is 2.40. The van der Waals surface area contributed by atoms with E-state index in [9.17, 15) is 9.59 Å². The van der Waals surface area contributed by atoms with E-state index in [4.69, 9.17) is 0 Å². The van der Waals surface area contributed by atoms with Crippen molar-refractivity contribution in [3.63, 3.8) is 0 Å². The molecule has 1 saturated heterocycles. The minimum atomic E-state index is -0.309. The summed E-state index contributed by atoms with van der Waals surface area (Å²) < 4.78 is 0. The molecule has 1 N–H and O–H groups in total. The number of nitrogens with zero attached hydrogens (tertiary/aromatic N) is 1. The van der Waals surface area contributed by atoms with Gasteiger partial charge in [-0.15, -0.1) is 0 Å². The first kappa shape index (κ1) is 14.1. The molecule has 2 fully saturated rings. The molecule has 0 radical (unpaired) electrons. The molecule has 3 atom stereocenters. The molecule has 1 heterocycles. The first-order valence-corrected chi connectivity index (χ1v) is 7.81. The molecule has 0 bridgehead atoms. The van der Waals surface area contributed by atoms with Crippen molar-refractivity contribution in [3.8, 4) is 0 Å². The van der Waals surface area contributed by atoms with Crippen molar-refractivity contribution >= 4 is 11.8 Å². The van der Waals surface area contributed by atoms with Crippen LogP contribution in [0, 0.1) is 5.92 Å². The predicted molar refractivity (Wildman–Crippen MR) is 80.8 cm³/mol. The smallest absolute Gasteiger partial charge is 0.254 e. The highest BCUT2D eigenvalue weighted by atomic mass is 16.2. The second kappa shape index (κ2) is 5.88. The van der Waals surface area contributed by atoms with E-state index >= 15 is 0 Å². The number of likely N-dealkylation sites (tertiary alicyclic amines) is 1. The van der Waals surface area contributed by atoms with Gasteiger partial charge in [0.15, 0.2) is 0 Å². The van der Waals surface area contributed by atoms with E-state index in [2.05, 4.69) is 5.32 Å². The van der Waals surface area contributed by atoms with E-state index in [0.717, 1.165) is 25.7 Å². The maximum absolute atomic E-state index is 12.9. The first-order chi connectivity index (χ1) is 10.2. The Morgan fingerprint density at radius 1 is 1.14 bits per heavy atom. The third-order valence-electron chi connectivity index (χ3n) is 4.89. The van der Waals surface area contributed by atoms with Gasteiger partial charge in [-0.2, -0.15) is 0 Å². The van der Waals surface area contributed by atoms with Gasteiger partial charge >= 0.3 is 0 Å². The van der Waals surface area contributed by atoms with Gasteiger partial charge < -0.3 is 10.2 Å². The number of hydrogen-bond donors (Lipinski definition) is 1. The van der Waals surface area contributed by atoms with Crippen molar-refractivity contribution in [1.29, 1.82) is 0 Å². The highest BCUT2D eigenvalue weighted by Gasteiger charge is 2.47. The van der Waals surface area contributed by atoms with E-state index in [1.165, 1.54) is 6.42 Å². The number of rotatable bonds is 2. The molecule has 112 valence electrons. The monoisotopic (exact) mass is 286 g/mol. The molecule has 0 aromatic heterocycles. The molecular weight excluding hydrogens is 264 g/mol. The number of carbonyl (C=O) groups excluding carboxylic acids is 2. The number of hydrogen-bond acceptors (Lipinski definition) is 2. The summed E-state index contributed by atoms with van der Waals surface area (Å²) in [5, 5.41) is 2.72. The fourth-order valence-corrected chi connectivity index (χ4v) is 3.88. The lowest BCUT2D eigenvalue weighted by molar-refractivity contribution is -0.124. The number of amides is 2. The van der Waals surface area contributed by atoms with Crippen LogP contribution >= 0.6 is 0 Å². The van der Waals surface area contributed by atoms with Gasteiger partial charge in [-0.05, 0) is 37.3 Å². The van der Waals surface area contributed by atoms with Crippen LogP contribution < -0.4 is 5.32 Å². The SMILES string of the molecule is CNC(=O)[C@@H]1C[C@@H]2CCCC[C@@H]2N1C(=O)c1ccccc1. The largest absolute Gasteiger partial charge is 0.357 e. The van der Waals surface area contributed by atoms with E-state index in [1.54, 1.807) is 7.05 Å². The van der Waals surface area contributed by atoms with Crippen LogP contribution in [0.15, 0.2) is 30.3 Å². The van der Waals surface area contributed by atoms with Gasteiger partial charge in [-0.3, -0.25) is 9.59 Å². The number of carbonyl (C=O) groups is 2. The van der Waals surface area contributed by atoms with Crippen LogP contribution in [0.3, 0.4) is 0 Å². The average molecular weight is 286 g/mol. The van der Waals surface area contributed by atoms with Gasteiger partial charge in [-0.25, -0.2) is 0 Å². The molecule has 0 unspecified atom stereocenters. The number of benzene rings is 1. The molecule has 2 amide bonds.